The zero-order chi connectivity index (χ0) is 15.5. The van der Waals surface area contributed by atoms with Gasteiger partial charge in [0.25, 0.3) is 0 Å². The van der Waals surface area contributed by atoms with Crippen molar-refractivity contribution in [2.75, 3.05) is 26.5 Å². The van der Waals surface area contributed by atoms with Crippen molar-refractivity contribution in [1.82, 2.24) is 9.88 Å². The second-order valence-corrected chi connectivity index (χ2v) is 5.19. The Hall–Kier alpha value is -2.23. The van der Waals surface area contributed by atoms with E-state index in [1.165, 1.54) is 24.2 Å². The second-order valence-electron chi connectivity index (χ2n) is 5.19. The standard InChI is InChI=1S/C14H15F2N3O2/c1-14(8-15,9-16)13(20)19-2-3-21-12-10(4-17)5-18-6-11(12)7-19/h5-6H,2-3,7-9H2,1H3. The van der Waals surface area contributed by atoms with Crippen molar-refractivity contribution >= 4 is 5.91 Å². The Kier molecular flexibility index (Phi) is 4.36. The smallest absolute Gasteiger partial charge is 0.234 e. The van der Waals surface area contributed by atoms with Gasteiger partial charge in [0, 0.05) is 18.0 Å². The number of fused-ring (bicyclic) bond motifs is 1. The molecule has 1 aliphatic heterocycles. The predicted octanol–water partition coefficient (Wildman–Crippen LogP) is 1.62. The third-order valence-electron chi connectivity index (χ3n) is 3.45. The summed E-state index contributed by atoms with van der Waals surface area (Å²) in [6.45, 7) is -0.398. The van der Waals surface area contributed by atoms with Crippen LogP contribution in [0.3, 0.4) is 0 Å². The minimum atomic E-state index is -1.68. The van der Waals surface area contributed by atoms with E-state index in [4.69, 9.17) is 10.00 Å². The molecule has 0 spiro atoms. The first-order chi connectivity index (χ1) is 10.1. The monoisotopic (exact) mass is 295 g/mol. The van der Waals surface area contributed by atoms with Crippen LogP contribution >= 0.6 is 0 Å². The van der Waals surface area contributed by atoms with Gasteiger partial charge in [0.05, 0.1) is 13.1 Å². The van der Waals surface area contributed by atoms with E-state index in [9.17, 15) is 13.6 Å². The molecule has 5 nitrogen and oxygen atoms in total. The van der Waals surface area contributed by atoms with Crippen LogP contribution in [0.25, 0.3) is 0 Å². The molecule has 1 amide bonds. The van der Waals surface area contributed by atoms with Crippen molar-refractivity contribution in [3.8, 4) is 11.8 Å². The third-order valence-corrected chi connectivity index (χ3v) is 3.45. The molecule has 0 atom stereocenters. The number of nitrogens with zero attached hydrogens (tertiary/aromatic N) is 3. The first-order valence-corrected chi connectivity index (χ1v) is 6.47. The summed E-state index contributed by atoms with van der Waals surface area (Å²) < 4.78 is 31.5. The van der Waals surface area contributed by atoms with Gasteiger partial charge in [-0.2, -0.15) is 5.26 Å². The van der Waals surface area contributed by atoms with Crippen LogP contribution in [-0.4, -0.2) is 42.3 Å². The number of pyridine rings is 1. The Morgan fingerprint density at radius 1 is 1.52 bits per heavy atom. The Morgan fingerprint density at radius 3 is 2.86 bits per heavy atom. The average Bonchev–Trinajstić information content (AvgIpc) is 2.75. The number of nitriles is 1. The summed E-state index contributed by atoms with van der Waals surface area (Å²) >= 11 is 0. The number of aromatic nitrogens is 1. The van der Waals surface area contributed by atoms with Crippen molar-refractivity contribution in [1.29, 1.82) is 5.26 Å². The van der Waals surface area contributed by atoms with E-state index in [2.05, 4.69) is 4.98 Å². The van der Waals surface area contributed by atoms with Crippen molar-refractivity contribution in [3.05, 3.63) is 23.5 Å². The number of carbonyl (C=O) groups is 1. The SMILES string of the molecule is CC(CF)(CF)C(=O)N1CCOc2c(C#N)cncc2C1. The largest absolute Gasteiger partial charge is 0.490 e. The molecule has 0 aromatic carbocycles. The Morgan fingerprint density at radius 2 is 2.24 bits per heavy atom. The number of hydrogen-bond acceptors (Lipinski definition) is 4. The van der Waals surface area contributed by atoms with Gasteiger partial charge in [-0.3, -0.25) is 9.78 Å². The molecule has 2 rings (SSSR count). The fraction of sp³-hybridized carbons (Fsp3) is 0.500. The van der Waals surface area contributed by atoms with Gasteiger partial charge in [0.15, 0.2) is 0 Å². The molecule has 1 aromatic heterocycles. The topological polar surface area (TPSA) is 66.2 Å². The number of rotatable bonds is 3. The van der Waals surface area contributed by atoms with Crippen LogP contribution in [0.1, 0.15) is 18.1 Å². The minimum absolute atomic E-state index is 0.117. The number of alkyl halides is 2. The molecule has 1 aliphatic rings. The number of carbonyl (C=O) groups excluding carboxylic acids is 1. The van der Waals surface area contributed by atoms with E-state index in [1.54, 1.807) is 0 Å². The molecule has 0 aliphatic carbocycles. The van der Waals surface area contributed by atoms with E-state index in [1.807, 2.05) is 6.07 Å². The van der Waals surface area contributed by atoms with E-state index in [-0.39, 0.29) is 25.3 Å². The maximum absolute atomic E-state index is 13.0. The highest BCUT2D eigenvalue weighted by atomic mass is 19.1. The molecule has 0 radical (unpaired) electrons. The van der Waals surface area contributed by atoms with Gasteiger partial charge >= 0.3 is 0 Å². The zero-order valence-electron chi connectivity index (χ0n) is 11.6. The van der Waals surface area contributed by atoms with Crippen LogP contribution in [0, 0.1) is 16.7 Å². The summed E-state index contributed by atoms with van der Waals surface area (Å²) in [5.41, 5.74) is -0.842. The summed E-state index contributed by atoms with van der Waals surface area (Å²) in [5, 5.41) is 9.02. The van der Waals surface area contributed by atoms with Crippen LogP contribution < -0.4 is 4.74 Å². The van der Waals surface area contributed by atoms with Gasteiger partial charge in [0.1, 0.15) is 42.8 Å². The lowest BCUT2D eigenvalue weighted by atomic mass is 9.92. The first kappa shape index (κ1) is 15.2. The lowest BCUT2D eigenvalue weighted by Gasteiger charge is -2.29. The first-order valence-electron chi connectivity index (χ1n) is 6.47. The quantitative estimate of drug-likeness (QED) is 0.850. The molecule has 0 saturated heterocycles. The maximum Gasteiger partial charge on any atom is 0.234 e. The molecule has 0 unspecified atom stereocenters. The molecule has 0 saturated carbocycles. The highest BCUT2D eigenvalue weighted by molar-refractivity contribution is 5.83. The Balaban J connectivity index is 2.30. The summed E-state index contributed by atoms with van der Waals surface area (Å²) in [6.07, 6.45) is 2.87. The van der Waals surface area contributed by atoms with Crippen molar-refractivity contribution in [3.63, 3.8) is 0 Å². The summed E-state index contributed by atoms with van der Waals surface area (Å²) in [7, 11) is 0. The van der Waals surface area contributed by atoms with Crippen molar-refractivity contribution < 1.29 is 18.3 Å². The van der Waals surface area contributed by atoms with Crippen LogP contribution in [0.2, 0.25) is 0 Å². The summed E-state index contributed by atoms with van der Waals surface area (Å²) in [6, 6.07) is 1.97. The van der Waals surface area contributed by atoms with E-state index >= 15 is 0 Å². The molecule has 112 valence electrons. The van der Waals surface area contributed by atoms with Gasteiger partial charge in [-0.1, -0.05) is 0 Å². The van der Waals surface area contributed by atoms with E-state index in [0.717, 1.165) is 0 Å². The van der Waals surface area contributed by atoms with Gasteiger partial charge in [-0.25, -0.2) is 8.78 Å². The van der Waals surface area contributed by atoms with Gasteiger partial charge in [0.2, 0.25) is 5.91 Å². The maximum atomic E-state index is 13.0. The van der Waals surface area contributed by atoms with Crippen molar-refractivity contribution in [2.24, 2.45) is 5.41 Å². The van der Waals surface area contributed by atoms with E-state index in [0.29, 0.717) is 11.3 Å². The normalized spacial score (nSPS) is 14.7. The highest BCUT2D eigenvalue weighted by Crippen LogP contribution is 2.29. The fourth-order valence-corrected chi connectivity index (χ4v) is 2.10. The second kappa shape index (κ2) is 6.04. The Bertz CT molecular complexity index is 582. The predicted molar refractivity (Wildman–Crippen MR) is 69.9 cm³/mol. The van der Waals surface area contributed by atoms with Gasteiger partial charge in [-0.15, -0.1) is 0 Å². The number of amides is 1. The van der Waals surface area contributed by atoms with Crippen LogP contribution in [-0.2, 0) is 11.3 Å². The summed E-state index contributed by atoms with van der Waals surface area (Å²) in [4.78, 5) is 17.6. The lowest BCUT2D eigenvalue weighted by molar-refractivity contribution is -0.144. The lowest BCUT2D eigenvalue weighted by Crippen LogP contribution is -2.45. The van der Waals surface area contributed by atoms with Gasteiger partial charge in [-0.05, 0) is 6.92 Å². The van der Waals surface area contributed by atoms with Crippen LogP contribution in [0.4, 0.5) is 8.78 Å². The molecule has 2 heterocycles. The number of halogens is 2. The molecule has 1 aromatic rings. The van der Waals surface area contributed by atoms with Gasteiger partial charge < -0.3 is 9.64 Å². The molecule has 0 fully saturated rings. The third kappa shape index (κ3) is 2.79. The number of ether oxygens (including phenoxy) is 1. The highest BCUT2D eigenvalue weighted by Gasteiger charge is 2.38. The molecular weight excluding hydrogens is 280 g/mol. The van der Waals surface area contributed by atoms with E-state index < -0.39 is 24.7 Å². The Labute approximate surface area is 121 Å². The van der Waals surface area contributed by atoms with Crippen LogP contribution in [0.15, 0.2) is 12.4 Å². The zero-order valence-corrected chi connectivity index (χ0v) is 11.6. The van der Waals surface area contributed by atoms with Crippen LogP contribution in [0.5, 0.6) is 5.75 Å². The minimum Gasteiger partial charge on any atom is -0.490 e. The average molecular weight is 295 g/mol. The molecule has 0 bridgehead atoms. The molecule has 21 heavy (non-hydrogen) atoms. The number of hydrogen-bond donors (Lipinski definition) is 0. The molecule has 7 heteroatoms. The van der Waals surface area contributed by atoms with Crippen molar-refractivity contribution in [2.45, 2.75) is 13.5 Å². The fourth-order valence-electron chi connectivity index (χ4n) is 2.10. The molecule has 0 N–H and O–H groups in total. The summed E-state index contributed by atoms with van der Waals surface area (Å²) in [5.74, 6) is -0.226. The molecular formula is C14H15F2N3O2.